The van der Waals surface area contributed by atoms with E-state index in [1.54, 1.807) is 7.11 Å². The zero-order valence-electron chi connectivity index (χ0n) is 12.4. The Morgan fingerprint density at radius 1 is 1.35 bits per heavy atom. The van der Waals surface area contributed by atoms with Crippen molar-refractivity contribution in [3.05, 3.63) is 34.4 Å². The Morgan fingerprint density at radius 3 is 2.70 bits per heavy atom. The minimum absolute atomic E-state index is 0.675. The molecular formula is C17H24ClNO. The van der Waals surface area contributed by atoms with Crippen molar-refractivity contribution >= 4 is 17.7 Å². The van der Waals surface area contributed by atoms with Crippen molar-refractivity contribution in [2.24, 2.45) is 5.92 Å². The van der Waals surface area contributed by atoms with Crippen molar-refractivity contribution < 1.29 is 4.74 Å². The van der Waals surface area contributed by atoms with Gasteiger partial charge < -0.3 is 10.1 Å². The highest BCUT2D eigenvalue weighted by molar-refractivity contribution is 6.32. The van der Waals surface area contributed by atoms with E-state index in [9.17, 15) is 0 Å². The lowest BCUT2D eigenvalue weighted by atomic mass is 9.83. The van der Waals surface area contributed by atoms with Gasteiger partial charge in [0.1, 0.15) is 5.75 Å². The zero-order valence-corrected chi connectivity index (χ0v) is 13.2. The van der Waals surface area contributed by atoms with E-state index in [4.69, 9.17) is 16.3 Å². The van der Waals surface area contributed by atoms with Crippen LogP contribution in [0, 0.1) is 5.92 Å². The standard InChI is InChI=1S/C17H24ClNO/c1-19-12-15(14-6-4-3-5-7-14)10-13-8-9-17(20-2)16(18)11-13/h8-11,14,19H,3-7,12H2,1-2H3/b15-10-. The van der Waals surface area contributed by atoms with Crippen LogP contribution in [0.5, 0.6) is 5.75 Å². The zero-order chi connectivity index (χ0) is 14.4. The van der Waals surface area contributed by atoms with E-state index in [-0.39, 0.29) is 0 Å². The average Bonchev–Trinajstić information content (AvgIpc) is 2.48. The molecule has 0 heterocycles. The van der Waals surface area contributed by atoms with Crippen LogP contribution in [0.3, 0.4) is 0 Å². The fourth-order valence-corrected chi connectivity index (χ4v) is 3.24. The first kappa shape index (κ1) is 15.4. The van der Waals surface area contributed by atoms with Crippen molar-refractivity contribution in [3.63, 3.8) is 0 Å². The maximum Gasteiger partial charge on any atom is 0.137 e. The fourth-order valence-electron chi connectivity index (χ4n) is 2.98. The molecule has 2 rings (SSSR count). The Morgan fingerprint density at radius 2 is 2.10 bits per heavy atom. The molecular weight excluding hydrogens is 270 g/mol. The van der Waals surface area contributed by atoms with Crippen LogP contribution >= 0.6 is 11.6 Å². The molecule has 1 aromatic rings. The van der Waals surface area contributed by atoms with Crippen LogP contribution in [0.4, 0.5) is 0 Å². The molecule has 1 N–H and O–H groups in total. The summed E-state index contributed by atoms with van der Waals surface area (Å²) in [6.45, 7) is 0.953. The molecule has 0 amide bonds. The van der Waals surface area contributed by atoms with Gasteiger partial charge in [-0.25, -0.2) is 0 Å². The molecule has 2 nitrogen and oxygen atoms in total. The third-order valence-electron chi connectivity index (χ3n) is 4.04. The Labute approximate surface area is 127 Å². The van der Waals surface area contributed by atoms with E-state index in [0.717, 1.165) is 23.8 Å². The summed E-state index contributed by atoms with van der Waals surface area (Å²) in [5.41, 5.74) is 2.65. The van der Waals surface area contributed by atoms with E-state index in [2.05, 4.69) is 17.5 Å². The molecule has 110 valence electrons. The number of methoxy groups -OCH3 is 1. The highest BCUT2D eigenvalue weighted by Gasteiger charge is 2.17. The largest absolute Gasteiger partial charge is 0.495 e. The van der Waals surface area contributed by atoms with Crippen molar-refractivity contribution in [1.82, 2.24) is 5.32 Å². The lowest BCUT2D eigenvalue weighted by molar-refractivity contribution is 0.398. The van der Waals surface area contributed by atoms with Crippen molar-refractivity contribution in [2.45, 2.75) is 32.1 Å². The van der Waals surface area contributed by atoms with Gasteiger partial charge in [-0.05, 0) is 43.5 Å². The number of ether oxygens (including phenoxy) is 1. The van der Waals surface area contributed by atoms with E-state index in [1.165, 1.54) is 37.7 Å². The third-order valence-corrected chi connectivity index (χ3v) is 4.33. The topological polar surface area (TPSA) is 21.3 Å². The summed E-state index contributed by atoms with van der Waals surface area (Å²) in [4.78, 5) is 0. The molecule has 0 unspecified atom stereocenters. The number of likely N-dealkylation sites (N-methyl/N-ethyl adjacent to an activating group) is 1. The third kappa shape index (κ3) is 4.00. The molecule has 0 radical (unpaired) electrons. The van der Waals surface area contributed by atoms with Gasteiger partial charge in [0.25, 0.3) is 0 Å². The lowest BCUT2D eigenvalue weighted by Crippen LogP contribution is -2.19. The van der Waals surface area contributed by atoms with Gasteiger partial charge in [-0.3, -0.25) is 0 Å². The summed E-state index contributed by atoms with van der Waals surface area (Å²) in [5, 5.41) is 3.97. The van der Waals surface area contributed by atoms with Gasteiger partial charge in [-0.2, -0.15) is 0 Å². The van der Waals surface area contributed by atoms with E-state index in [0.29, 0.717) is 5.02 Å². The maximum absolute atomic E-state index is 6.21. The molecule has 1 saturated carbocycles. The SMILES string of the molecule is CNC/C(=C/c1ccc(OC)c(Cl)c1)C1CCCCC1. The minimum atomic E-state index is 0.675. The molecule has 3 heteroatoms. The Bertz CT molecular complexity index is 464. The molecule has 1 aromatic carbocycles. The van der Waals surface area contributed by atoms with Gasteiger partial charge in [0.2, 0.25) is 0 Å². The predicted molar refractivity (Wildman–Crippen MR) is 86.5 cm³/mol. The lowest BCUT2D eigenvalue weighted by Gasteiger charge is -2.24. The normalized spacial score (nSPS) is 17.2. The molecule has 20 heavy (non-hydrogen) atoms. The molecule has 1 aliphatic rings. The molecule has 0 aromatic heterocycles. The average molecular weight is 294 g/mol. The molecule has 0 spiro atoms. The second kappa shape index (κ2) is 7.70. The van der Waals surface area contributed by atoms with Gasteiger partial charge in [0.15, 0.2) is 0 Å². The number of halogens is 1. The first-order chi connectivity index (χ1) is 9.74. The van der Waals surface area contributed by atoms with Gasteiger partial charge in [0.05, 0.1) is 12.1 Å². The highest BCUT2D eigenvalue weighted by Crippen LogP contribution is 2.32. The van der Waals surface area contributed by atoms with Crippen molar-refractivity contribution in [2.75, 3.05) is 20.7 Å². The van der Waals surface area contributed by atoms with Gasteiger partial charge in [-0.1, -0.05) is 48.6 Å². The summed E-state index contributed by atoms with van der Waals surface area (Å²) < 4.78 is 5.20. The number of rotatable bonds is 5. The summed E-state index contributed by atoms with van der Waals surface area (Å²) in [5.74, 6) is 1.45. The van der Waals surface area contributed by atoms with Gasteiger partial charge in [0, 0.05) is 6.54 Å². The predicted octanol–water partition coefficient (Wildman–Crippen LogP) is 4.53. The van der Waals surface area contributed by atoms with E-state index < -0.39 is 0 Å². The smallest absolute Gasteiger partial charge is 0.137 e. The Hall–Kier alpha value is -0.990. The minimum Gasteiger partial charge on any atom is -0.495 e. The van der Waals surface area contributed by atoms with Crippen molar-refractivity contribution in [1.29, 1.82) is 0 Å². The molecule has 0 atom stereocenters. The van der Waals surface area contributed by atoms with Crippen LogP contribution in [0.15, 0.2) is 23.8 Å². The summed E-state index contributed by atoms with van der Waals surface area (Å²) in [7, 11) is 3.66. The quantitative estimate of drug-likeness (QED) is 0.861. The molecule has 0 bridgehead atoms. The van der Waals surface area contributed by atoms with Crippen LogP contribution in [0.1, 0.15) is 37.7 Å². The van der Waals surface area contributed by atoms with Crippen LogP contribution in [0.25, 0.3) is 6.08 Å². The fraction of sp³-hybridized carbons (Fsp3) is 0.529. The van der Waals surface area contributed by atoms with Crippen LogP contribution in [0.2, 0.25) is 5.02 Å². The number of hydrogen-bond acceptors (Lipinski definition) is 2. The summed E-state index contributed by atoms with van der Waals surface area (Å²) in [6, 6.07) is 5.99. The maximum atomic E-state index is 6.21. The molecule has 1 aliphatic carbocycles. The molecule has 0 aliphatic heterocycles. The second-order valence-corrected chi connectivity index (χ2v) is 5.89. The molecule has 0 saturated heterocycles. The van der Waals surface area contributed by atoms with E-state index >= 15 is 0 Å². The second-order valence-electron chi connectivity index (χ2n) is 5.48. The Balaban J connectivity index is 2.20. The van der Waals surface area contributed by atoms with Crippen LogP contribution < -0.4 is 10.1 Å². The first-order valence-electron chi connectivity index (χ1n) is 7.43. The van der Waals surface area contributed by atoms with Crippen LogP contribution in [-0.4, -0.2) is 20.7 Å². The van der Waals surface area contributed by atoms with Crippen LogP contribution in [-0.2, 0) is 0 Å². The van der Waals surface area contributed by atoms with E-state index in [1.807, 2.05) is 19.2 Å². The Kier molecular flexibility index (Phi) is 5.93. The monoisotopic (exact) mass is 293 g/mol. The first-order valence-corrected chi connectivity index (χ1v) is 7.81. The number of hydrogen-bond donors (Lipinski definition) is 1. The van der Waals surface area contributed by atoms with Gasteiger partial charge >= 0.3 is 0 Å². The molecule has 1 fully saturated rings. The highest BCUT2D eigenvalue weighted by atomic mass is 35.5. The van der Waals surface area contributed by atoms with Crippen molar-refractivity contribution in [3.8, 4) is 5.75 Å². The summed E-state index contributed by atoms with van der Waals surface area (Å²) >= 11 is 6.21. The number of benzene rings is 1. The van der Waals surface area contributed by atoms with Gasteiger partial charge in [-0.15, -0.1) is 0 Å². The number of nitrogens with one attached hydrogen (secondary N) is 1. The summed E-state index contributed by atoms with van der Waals surface area (Å²) in [6.07, 6.45) is 9.02.